The maximum absolute atomic E-state index is 9.85. The average molecular weight is 469 g/mol. The predicted molar refractivity (Wildman–Crippen MR) is 147 cm³/mol. The molecule has 1 nitrogen and oxygen atoms in total. The molecule has 1 N–H and O–H groups in total. The summed E-state index contributed by atoms with van der Waals surface area (Å²) in [5, 5.41) is 9.85. The first-order valence-electron chi connectivity index (χ1n) is 15.3. The molecule has 194 valence electrons. The maximum Gasteiger partial charge on any atom is 0.0462 e. The van der Waals surface area contributed by atoms with E-state index in [1.54, 1.807) is 0 Å². The Kier molecular flexibility index (Phi) is 8.75. The molecule has 3 saturated carbocycles. The summed E-state index contributed by atoms with van der Waals surface area (Å²) in [7, 11) is 0. The first-order valence-corrected chi connectivity index (χ1v) is 15.3. The van der Waals surface area contributed by atoms with Crippen molar-refractivity contribution in [1.82, 2.24) is 0 Å². The van der Waals surface area contributed by atoms with Crippen molar-refractivity contribution in [1.29, 1.82) is 0 Å². The van der Waals surface area contributed by atoms with Gasteiger partial charge in [0, 0.05) is 6.61 Å². The summed E-state index contributed by atoms with van der Waals surface area (Å²) in [5.74, 6) is 5.06. The number of rotatable bonds is 10. The van der Waals surface area contributed by atoms with Gasteiger partial charge in [-0.2, -0.15) is 0 Å². The molecule has 34 heavy (non-hydrogen) atoms. The summed E-state index contributed by atoms with van der Waals surface area (Å²) >= 11 is 0. The van der Waals surface area contributed by atoms with Crippen LogP contribution in [-0.2, 0) is 0 Å². The standard InChI is InChI=1S/C33H56O/c1-6-7-8-9-12-26(25(3)23-34)15-14-24(2)29-18-19-30-28-17-16-27-13-10-11-21-32(27,4)31(28)20-22-33(29,30)5/h14-15,17,24-27,29-31,34H,6-13,16,18-23H2,1-5H3/t24-,25?,26?,27?,29-,30+,31+,32+,33-/m1/s1. The second-order valence-electron chi connectivity index (χ2n) is 13.6. The number of aliphatic hydroxyl groups excluding tert-OH is 1. The largest absolute Gasteiger partial charge is 0.396 e. The van der Waals surface area contributed by atoms with E-state index in [1.165, 1.54) is 89.9 Å². The predicted octanol–water partition coefficient (Wildman–Crippen LogP) is 9.36. The zero-order chi connectivity index (χ0) is 24.3. The summed E-state index contributed by atoms with van der Waals surface area (Å²) in [6.07, 6.45) is 27.4. The van der Waals surface area contributed by atoms with Crippen LogP contribution in [0.3, 0.4) is 0 Å². The van der Waals surface area contributed by atoms with Gasteiger partial charge in [-0.05, 0) is 104 Å². The van der Waals surface area contributed by atoms with E-state index >= 15 is 0 Å². The van der Waals surface area contributed by atoms with Gasteiger partial charge >= 0.3 is 0 Å². The van der Waals surface area contributed by atoms with Crippen molar-refractivity contribution in [3.8, 4) is 0 Å². The fourth-order valence-corrected chi connectivity index (χ4v) is 9.41. The van der Waals surface area contributed by atoms with Crippen LogP contribution in [-0.4, -0.2) is 11.7 Å². The third-order valence-corrected chi connectivity index (χ3v) is 11.8. The Balaban J connectivity index is 1.44. The SMILES string of the molecule is CCCCCCC(C=C[C@@H](C)[C@H]1CC[C@H]2C3=CCC4CCCC[C@]4(C)[C@H]3CC[C@]12C)C(C)CO. The molecule has 1 heteroatoms. The molecule has 0 aliphatic heterocycles. The molecular formula is C33H56O. The number of allylic oxidation sites excluding steroid dienone is 4. The van der Waals surface area contributed by atoms with Crippen molar-refractivity contribution in [2.75, 3.05) is 6.61 Å². The second-order valence-corrected chi connectivity index (χ2v) is 13.6. The lowest BCUT2D eigenvalue weighted by Crippen LogP contribution is -2.48. The minimum absolute atomic E-state index is 0.315. The minimum Gasteiger partial charge on any atom is -0.396 e. The number of hydrogen-bond acceptors (Lipinski definition) is 1. The number of unbranched alkanes of at least 4 members (excludes halogenated alkanes) is 3. The second kappa shape index (κ2) is 11.2. The molecule has 3 unspecified atom stereocenters. The van der Waals surface area contributed by atoms with Gasteiger partial charge in [0.05, 0.1) is 0 Å². The Labute approximate surface area is 212 Å². The van der Waals surface area contributed by atoms with Gasteiger partial charge in [-0.3, -0.25) is 0 Å². The van der Waals surface area contributed by atoms with E-state index < -0.39 is 0 Å². The van der Waals surface area contributed by atoms with Gasteiger partial charge in [0.2, 0.25) is 0 Å². The highest BCUT2D eigenvalue weighted by Gasteiger charge is 2.57. The van der Waals surface area contributed by atoms with Crippen LogP contribution in [0.2, 0.25) is 0 Å². The highest BCUT2D eigenvalue weighted by atomic mass is 16.3. The topological polar surface area (TPSA) is 20.2 Å². The van der Waals surface area contributed by atoms with Crippen molar-refractivity contribution in [3.63, 3.8) is 0 Å². The molecule has 0 heterocycles. The van der Waals surface area contributed by atoms with Crippen LogP contribution >= 0.6 is 0 Å². The van der Waals surface area contributed by atoms with Crippen LogP contribution < -0.4 is 0 Å². The zero-order valence-electron chi connectivity index (χ0n) is 23.3. The Morgan fingerprint density at radius 3 is 2.50 bits per heavy atom. The summed E-state index contributed by atoms with van der Waals surface area (Å²) in [5.41, 5.74) is 3.00. The Hall–Kier alpha value is -0.560. The Morgan fingerprint density at radius 1 is 0.941 bits per heavy atom. The van der Waals surface area contributed by atoms with Gasteiger partial charge in [0.25, 0.3) is 0 Å². The van der Waals surface area contributed by atoms with E-state index in [2.05, 4.69) is 52.8 Å². The minimum atomic E-state index is 0.315. The van der Waals surface area contributed by atoms with E-state index in [0.717, 1.165) is 23.7 Å². The van der Waals surface area contributed by atoms with E-state index in [4.69, 9.17) is 0 Å². The van der Waals surface area contributed by atoms with Gasteiger partial charge in [-0.15, -0.1) is 0 Å². The molecule has 4 rings (SSSR count). The van der Waals surface area contributed by atoms with Crippen LogP contribution in [0.4, 0.5) is 0 Å². The Bertz CT molecular complexity index is 720. The first-order chi connectivity index (χ1) is 16.3. The van der Waals surface area contributed by atoms with Crippen molar-refractivity contribution in [2.24, 2.45) is 52.3 Å². The fourth-order valence-electron chi connectivity index (χ4n) is 9.41. The van der Waals surface area contributed by atoms with Gasteiger partial charge in [-0.25, -0.2) is 0 Å². The molecule has 0 aromatic carbocycles. The summed E-state index contributed by atoms with van der Waals surface area (Å²) < 4.78 is 0. The molecule has 0 aromatic rings. The van der Waals surface area contributed by atoms with Gasteiger partial charge in [-0.1, -0.05) is 96.9 Å². The molecule has 9 atom stereocenters. The van der Waals surface area contributed by atoms with Crippen molar-refractivity contribution in [2.45, 2.75) is 125 Å². The summed E-state index contributed by atoms with van der Waals surface area (Å²) in [6, 6.07) is 0. The van der Waals surface area contributed by atoms with Crippen LogP contribution in [0.15, 0.2) is 23.8 Å². The van der Waals surface area contributed by atoms with Gasteiger partial charge < -0.3 is 5.11 Å². The highest BCUT2D eigenvalue weighted by Crippen LogP contribution is 2.66. The number of hydrogen-bond donors (Lipinski definition) is 1. The number of aliphatic hydroxyl groups is 1. The number of fused-ring (bicyclic) bond motifs is 5. The molecule has 0 spiro atoms. The van der Waals surface area contributed by atoms with E-state index in [1.807, 2.05) is 5.57 Å². The molecular weight excluding hydrogens is 412 g/mol. The third-order valence-electron chi connectivity index (χ3n) is 11.8. The van der Waals surface area contributed by atoms with E-state index in [0.29, 0.717) is 35.2 Å². The molecule has 0 bridgehead atoms. The Morgan fingerprint density at radius 2 is 1.74 bits per heavy atom. The van der Waals surface area contributed by atoms with Crippen molar-refractivity contribution >= 4 is 0 Å². The van der Waals surface area contributed by atoms with Crippen LogP contribution in [0.5, 0.6) is 0 Å². The molecule has 0 aromatic heterocycles. The molecule has 4 aliphatic carbocycles. The van der Waals surface area contributed by atoms with Gasteiger partial charge in [0.15, 0.2) is 0 Å². The third kappa shape index (κ3) is 4.99. The normalized spacial score (nSPS) is 40.2. The van der Waals surface area contributed by atoms with Crippen molar-refractivity contribution in [3.05, 3.63) is 23.8 Å². The zero-order valence-corrected chi connectivity index (χ0v) is 23.3. The quantitative estimate of drug-likeness (QED) is 0.250. The lowest BCUT2D eigenvalue weighted by Gasteiger charge is -2.57. The molecule has 4 aliphatic rings. The van der Waals surface area contributed by atoms with Gasteiger partial charge in [0.1, 0.15) is 0 Å². The lowest BCUT2D eigenvalue weighted by atomic mass is 9.48. The van der Waals surface area contributed by atoms with Crippen LogP contribution in [0.25, 0.3) is 0 Å². The van der Waals surface area contributed by atoms with E-state index in [-0.39, 0.29) is 0 Å². The summed E-state index contributed by atoms with van der Waals surface area (Å²) in [4.78, 5) is 0. The summed E-state index contributed by atoms with van der Waals surface area (Å²) in [6.45, 7) is 12.7. The smallest absolute Gasteiger partial charge is 0.0462 e. The highest BCUT2D eigenvalue weighted by molar-refractivity contribution is 5.28. The lowest BCUT2D eigenvalue weighted by molar-refractivity contribution is -0.00482. The van der Waals surface area contributed by atoms with Crippen LogP contribution in [0, 0.1) is 52.3 Å². The fraction of sp³-hybridized carbons (Fsp3) is 0.879. The molecule has 3 fully saturated rings. The molecule has 0 radical (unpaired) electrons. The average Bonchev–Trinajstić information content (AvgIpc) is 3.20. The van der Waals surface area contributed by atoms with Crippen LogP contribution in [0.1, 0.15) is 125 Å². The maximum atomic E-state index is 9.85. The van der Waals surface area contributed by atoms with Crippen molar-refractivity contribution < 1.29 is 5.11 Å². The first kappa shape index (κ1) is 26.5. The van der Waals surface area contributed by atoms with E-state index in [9.17, 15) is 5.11 Å². The molecule has 0 amide bonds. The molecule has 0 saturated heterocycles. The monoisotopic (exact) mass is 468 g/mol.